The number of benzene rings is 2. The molecule has 1 unspecified atom stereocenters. The Morgan fingerprint density at radius 1 is 1.04 bits per heavy atom. The fraction of sp³-hybridized carbons (Fsp3) is 0.130. The Morgan fingerprint density at radius 3 is 2.46 bits per heavy atom. The first-order chi connectivity index (χ1) is 13.7. The van der Waals surface area contributed by atoms with E-state index in [2.05, 4.69) is 22.0 Å². The predicted molar refractivity (Wildman–Crippen MR) is 106 cm³/mol. The van der Waals surface area contributed by atoms with E-state index in [0.717, 1.165) is 22.4 Å². The van der Waals surface area contributed by atoms with Crippen molar-refractivity contribution >= 4 is 0 Å². The SMILES string of the molecule is CC(O)c1nccn1Cc1cc(-c2ccc(C#Cc3ccccc3)cc2)on1. The lowest BCUT2D eigenvalue weighted by Gasteiger charge is -2.07. The molecule has 1 N–H and O–H groups in total. The second-order valence-corrected chi connectivity index (χ2v) is 6.47. The zero-order chi connectivity index (χ0) is 19.3. The highest BCUT2D eigenvalue weighted by Gasteiger charge is 2.12. The molecule has 2 aromatic heterocycles. The van der Waals surface area contributed by atoms with Gasteiger partial charge in [0.2, 0.25) is 0 Å². The summed E-state index contributed by atoms with van der Waals surface area (Å²) in [5.74, 6) is 7.60. The molecule has 0 saturated heterocycles. The Balaban J connectivity index is 1.48. The van der Waals surface area contributed by atoms with Crippen molar-refractivity contribution in [2.75, 3.05) is 0 Å². The van der Waals surface area contributed by atoms with Crippen LogP contribution in [0.15, 0.2) is 77.6 Å². The topological polar surface area (TPSA) is 64.1 Å². The van der Waals surface area contributed by atoms with E-state index in [0.29, 0.717) is 18.1 Å². The highest BCUT2D eigenvalue weighted by Crippen LogP contribution is 2.22. The van der Waals surface area contributed by atoms with Crippen LogP contribution in [-0.4, -0.2) is 19.8 Å². The molecule has 0 spiro atoms. The quantitative estimate of drug-likeness (QED) is 0.552. The second kappa shape index (κ2) is 7.95. The molecule has 2 aromatic carbocycles. The minimum atomic E-state index is -0.633. The lowest BCUT2D eigenvalue weighted by atomic mass is 10.1. The molecule has 138 valence electrons. The van der Waals surface area contributed by atoms with Crippen molar-refractivity contribution in [3.8, 4) is 23.2 Å². The number of aliphatic hydroxyl groups excluding tert-OH is 1. The second-order valence-electron chi connectivity index (χ2n) is 6.47. The van der Waals surface area contributed by atoms with Gasteiger partial charge in [0.15, 0.2) is 5.76 Å². The average Bonchev–Trinajstić information content (AvgIpc) is 3.38. The van der Waals surface area contributed by atoms with E-state index in [9.17, 15) is 5.11 Å². The molecule has 0 aliphatic carbocycles. The van der Waals surface area contributed by atoms with E-state index in [1.165, 1.54) is 0 Å². The van der Waals surface area contributed by atoms with Gasteiger partial charge < -0.3 is 14.2 Å². The third-order valence-electron chi connectivity index (χ3n) is 4.31. The van der Waals surface area contributed by atoms with Gasteiger partial charge in [0.05, 0.1) is 6.54 Å². The highest BCUT2D eigenvalue weighted by molar-refractivity contribution is 5.59. The third-order valence-corrected chi connectivity index (χ3v) is 4.31. The largest absolute Gasteiger partial charge is 0.385 e. The molecule has 0 aliphatic heterocycles. The van der Waals surface area contributed by atoms with Crippen molar-refractivity contribution in [1.82, 2.24) is 14.7 Å². The molecule has 5 heteroatoms. The monoisotopic (exact) mass is 369 g/mol. The van der Waals surface area contributed by atoms with Crippen LogP contribution in [0.3, 0.4) is 0 Å². The van der Waals surface area contributed by atoms with Gasteiger partial charge in [-0.05, 0) is 43.3 Å². The van der Waals surface area contributed by atoms with Gasteiger partial charge in [0.25, 0.3) is 0 Å². The van der Waals surface area contributed by atoms with Crippen LogP contribution < -0.4 is 0 Å². The van der Waals surface area contributed by atoms with Crippen LogP contribution in [0, 0.1) is 11.8 Å². The summed E-state index contributed by atoms with van der Waals surface area (Å²) in [4.78, 5) is 4.17. The van der Waals surface area contributed by atoms with Gasteiger partial charge in [-0.15, -0.1) is 0 Å². The Morgan fingerprint density at radius 2 is 1.75 bits per heavy atom. The molecule has 0 amide bonds. The first kappa shape index (κ1) is 17.8. The Bertz CT molecular complexity index is 1110. The molecule has 28 heavy (non-hydrogen) atoms. The summed E-state index contributed by atoms with van der Waals surface area (Å²) in [6.45, 7) is 2.18. The molecular formula is C23H19N3O2. The highest BCUT2D eigenvalue weighted by atomic mass is 16.5. The van der Waals surface area contributed by atoms with Crippen LogP contribution in [0.4, 0.5) is 0 Å². The Hall–Kier alpha value is -3.62. The van der Waals surface area contributed by atoms with Gasteiger partial charge in [0.1, 0.15) is 17.6 Å². The van der Waals surface area contributed by atoms with Crippen LogP contribution in [-0.2, 0) is 6.54 Å². The summed E-state index contributed by atoms with van der Waals surface area (Å²) in [6.07, 6.45) is 2.85. The number of rotatable bonds is 4. The van der Waals surface area contributed by atoms with Gasteiger partial charge in [-0.3, -0.25) is 0 Å². The maximum Gasteiger partial charge on any atom is 0.167 e. The molecule has 4 aromatic rings. The average molecular weight is 369 g/mol. The van der Waals surface area contributed by atoms with Crippen molar-refractivity contribution < 1.29 is 9.63 Å². The van der Waals surface area contributed by atoms with Crippen molar-refractivity contribution in [3.63, 3.8) is 0 Å². The van der Waals surface area contributed by atoms with E-state index in [1.807, 2.05) is 71.4 Å². The molecule has 2 heterocycles. The van der Waals surface area contributed by atoms with Gasteiger partial charge >= 0.3 is 0 Å². The standard InChI is InChI=1S/C23H19N3O2/c1-17(27)23-24-13-14-26(23)16-21-15-22(28-25-21)20-11-9-19(10-12-20)8-7-18-5-3-2-4-6-18/h2-6,9-15,17,27H,16H2,1H3. The van der Waals surface area contributed by atoms with Crippen LogP contribution in [0.2, 0.25) is 0 Å². The minimum absolute atomic E-state index is 0.490. The molecule has 5 nitrogen and oxygen atoms in total. The summed E-state index contributed by atoms with van der Waals surface area (Å²) in [7, 11) is 0. The Labute approximate surface area is 163 Å². The van der Waals surface area contributed by atoms with Crippen LogP contribution >= 0.6 is 0 Å². The molecule has 4 rings (SSSR count). The predicted octanol–water partition coefficient (Wildman–Crippen LogP) is 4.04. The smallest absolute Gasteiger partial charge is 0.167 e. The number of hydrogen-bond acceptors (Lipinski definition) is 4. The summed E-state index contributed by atoms with van der Waals surface area (Å²) in [5.41, 5.74) is 3.63. The fourth-order valence-electron chi connectivity index (χ4n) is 2.90. The number of aromatic nitrogens is 3. The molecule has 0 bridgehead atoms. The number of hydrogen-bond donors (Lipinski definition) is 1. The zero-order valence-electron chi connectivity index (χ0n) is 15.4. The molecule has 0 fully saturated rings. The zero-order valence-corrected chi connectivity index (χ0v) is 15.4. The van der Waals surface area contributed by atoms with Crippen molar-refractivity contribution in [2.24, 2.45) is 0 Å². The van der Waals surface area contributed by atoms with E-state index in [1.54, 1.807) is 13.1 Å². The van der Waals surface area contributed by atoms with Crippen molar-refractivity contribution in [1.29, 1.82) is 0 Å². The van der Waals surface area contributed by atoms with Gasteiger partial charge in [0, 0.05) is 35.2 Å². The van der Waals surface area contributed by atoms with E-state index in [4.69, 9.17) is 4.52 Å². The summed E-state index contributed by atoms with van der Waals surface area (Å²) in [5, 5.41) is 13.9. The normalized spacial score (nSPS) is 11.6. The Kier molecular flexibility index (Phi) is 5.05. The van der Waals surface area contributed by atoms with Gasteiger partial charge in [-0.2, -0.15) is 0 Å². The minimum Gasteiger partial charge on any atom is -0.385 e. The van der Waals surface area contributed by atoms with E-state index in [-0.39, 0.29) is 0 Å². The summed E-state index contributed by atoms with van der Waals surface area (Å²) < 4.78 is 7.34. The molecule has 1 atom stereocenters. The maximum absolute atomic E-state index is 9.76. The lowest BCUT2D eigenvalue weighted by molar-refractivity contribution is 0.184. The van der Waals surface area contributed by atoms with Crippen molar-refractivity contribution in [2.45, 2.75) is 19.6 Å². The molecular weight excluding hydrogens is 350 g/mol. The van der Waals surface area contributed by atoms with Gasteiger partial charge in [-0.1, -0.05) is 35.2 Å². The number of aliphatic hydroxyl groups is 1. The lowest BCUT2D eigenvalue weighted by Crippen LogP contribution is -2.07. The maximum atomic E-state index is 9.76. The van der Waals surface area contributed by atoms with Crippen LogP contribution in [0.25, 0.3) is 11.3 Å². The van der Waals surface area contributed by atoms with E-state index < -0.39 is 6.10 Å². The first-order valence-electron chi connectivity index (χ1n) is 9.01. The molecule has 0 aliphatic rings. The first-order valence-corrected chi connectivity index (χ1v) is 9.01. The van der Waals surface area contributed by atoms with Crippen LogP contribution in [0.1, 0.15) is 35.7 Å². The fourth-order valence-corrected chi connectivity index (χ4v) is 2.90. The number of imidazole rings is 1. The summed E-state index contributed by atoms with van der Waals surface area (Å²) in [6, 6.07) is 19.7. The van der Waals surface area contributed by atoms with Gasteiger partial charge in [-0.25, -0.2) is 4.98 Å². The summed E-state index contributed by atoms with van der Waals surface area (Å²) >= 11 is 0. The van der Waals surface area contributed by atoms with Crippen LogP contribution in [0.5, 0.6) is 0 Å². The number of nitrogens with zero attached hydrogens (tertiary/aromatic N) is 3. The van der Waals surface area contributed by atoms with E-state index >= 15 is 0 Å². The van der Waals surface area contributed by atoms with Crippen molar-refractivity contribution in [3.05, 3.63) is 95.7 Å². The molecule has 0 radical (unpaired) electrons. The third kappa shape index (κ3) is 4.03. The molecule has 0 saturated carbocycles.